The number of thiophene rings is 1. The number of hydrogen-bond acceptors (Lipinski definition) is 3. The average molecular weight is 306 g/mol. The average Bonchev–Trinajstić information content (AvgIpc) is 2.77. The number of amides is 1. The lowest BCUT2D eigenvalue weighted by molar-refractivity contribution is 0.0957. The van der Waals surface area contributed by atoms with Crippen molar-refractivity contribution >= 4 is 33.2 Å². The van der Waals surface area contributed by atoms with Gasteiger partial charge in [0.25, 0.3) is 5.91 Å². The highest BCUT2D eigenvalue weighted by molar-refractivity contribution is 9.09. The summed E-state index contributed by atoms with van der Waals surface area (Å²) in [4.78, 5) is 12.8. The maximum absolute atomic E-state index is 11.7. The van der Waals surface area contributed by atoms with Crippen molar-refractivity contribution in [2.75, 3.05) is 13.7 Å². The van der Waals surface area contributed by atoms with Gasteiger partial charge in [0, 0.05) is 22.8 Å². The Labute approximate surface area is 108 Å². The lowest BCUT2D eigenvalue weighted by atomic mass is 10.2. The molecule has 0 saturated heterocycles. The molecule has 90 valence electrons. The summed E-state index contributed by atoms with van der Waals surface area (Å²) in [5.41, 5.74) is 0. The number of ether oxygens (including phenoxy) is 1. The van der Waals surface area contributed by atoms with Crippen LogP contribution in [0.4, 0.5) is 0 Å². The Morgan fingerprint density at radius 1 is 1.69 bits per heavy atom. The van der Waals surface area contributed by atoms with Crippen LogP contribution in [-0.2, 0) is 0 Å². The molecular weight excluding hydrogens is 290 g/mol. The fourth-order valence-electron chi connectivity index (χ4n) is 1.18. The zero-order chi connectivity index (χ0) is 12.0. The predicted octanol–water partition coefficient (Wildman–Crippen LogP) is 3.05. The third kappa shape index (κ3) is 4.14. The highest BCUT2D eigenvalue weighted by atomic mass is 79.9. The maximum Gasteiger partial charge on any atom is 0.261 e. The van der Waals surface area contributed by atoms with Crippen molar-refractivity contribution in [1.29, 1.82) is 0 Å². The van der Waals surface area contributed by atoms with Gasteiger partial charge in [0.2, 0.25) is 0 Å². The van der Waals surface area contributed by atoms with Gasteiger partial charge >= 0.3 is 0 Å². The molecule has 0 aliphatic rings. The van der Waals surface area contributed by atoms with Crippen LogP contribution in [-0.4, -0.2) is 24.4 Å². The number of methoxy groups -OCH3 is 1. The van der Waals surface area contributed by atoms with E-state index in [9.17, 15) is 4.79 Å². The monoisotopic (exact) mass is 305 g/mol. The second-order valence-corrected chi connectivity index (χ2v) is 5.61. The Morgan fingerprint density at radius 2 is 2.44 bits per heavy atom. The van der Waals surface area contributed by atoms with Gasteiger partial charge in [-0.15, -0.1) is 11.3 Å². The first-order chi connectivity index (χ1) is 7.67. The Kier molecular flexibility index (Phi) is 5.84. The molecule has 1 heterocycles. The fourth-order valence-corrected chi connectivity index (χ4v) is 2.18. The fraction of sp³-hybridized carbons (Fsp3) is 0.545. The summed E-state index contributed by atoms with van der Waals surface area (Å²) in [5, 5.41) is 4.72. The Balaban J connectivity index is 2.35. The molecule has 0 aromatic carbocycles. The van der Waals surface area contributed by atoms with Gasteiger partial charge in [0.1, 0.15) is 5.75 Å². The smallest absolute Gasteiger partial charge is 0.261 e. The zero-order valence-electron chi connectivity index (χ0n) is 9.46. The molecule has 0 saturated carbocycles. The first-order valence-corrected chi connectivity index (χ1v) is 7.01. The Hall–Kier alpha value is -0.550. The molecule has 1 atom stereocenters. The second-order valence-electron chi connectivity index (χ2n) is 3.40. The van der Waals surface area contributed by atoms with Crippen LogP contribution in [0.2, 0.25) is 0 Å². The molecule has 1 rings (SSSR count). The van der Waals surface area contributed by atoms with Crippen molar-refractivity contribution in [1.82, 2.24) is 5.32 Å². The standard InChI is InChI=1S/C11H16BrNO2S/c1-3-8(12)4-5-13-11(14)10-6-9(15-2)7-16-10/h6-8H,3-5H2,1-2H3,(H,13,14). The van der Waals surface area contributed by atoms with E-state index in [4.69, 9.17) is 4.74 Å². The number of nitrogens with one attached hydrogen (secondary N) is 1. The zero-order valence-corrected chi connectivity index (χ0v) is 11.9. The van der Waals surface area contributed by atoms with Crippen LogP contribution in [0.25, 0.3) is 0 Å². The first kappa shape index (κ1) is 13.5. The van der Waals surface area contributed by atoms with Crippen LogP contribution in [0.15, 0.2) is 11.4 Å². The van der Waals surface area contributed by atoms with Crippen molar-refractivity contribution in [3.8, 4) is 5.75 Å². The van der Waals surface area contributed by atoms with E-state index in [1.165, 1.54) is 11.3 Å². The van der Waals surface area contributed by atoms with E-state index >= 15 is 0 Å². The lowest BCUT2D eigenvalue weighted by Crippen LogP contribution is -2.25. The largest absolute Gasteiger partial charge is 0.496 e. The van der Waals surface area contributed by atoms with E-state index in [0.29, 0.717) is 16.2 Å². The first-order valence-electron chi connectivity index (χ1n) is 5.22. The highest BCUT2D eigenvalue weighted by Gasteiger charge is 2.09. The molecule has 1 aromatic heterocycles. The molecule has 0 radical (unpaired) electrons. The summed E-state index contributed by atoms with van der Waals surface area (Å²) in [5.74, 6) is 0.714. The van der Waals surface area contributed by atoms with Gasteiger partial charge in [-0.25, -0.2) is 0 Å². The molecule has 1 unspecified atom stereocenters. The van der Waals surface area contributed by atoms with Gasteiger partial charge in [-0.1, -0.05) is 22.9 Å². The molecule has 5 heteroatoms. The van der Waals surface area contributed by atoms with Gasteiger partial charge in [0.15, 0.2) is 0 Å². The van der Waals surface area contributed by atoms with E-state index in [-0.39, 0.29) is 5.91 Å². The number of rotatable bonds is 6. The Morgan fingerprint density at radius 3 is 3.00 bits per heavy atom. The summed E-state index contributed by atoms with van der Waals surface area (Å²) in [6, 6.07) is 1.76. The van der Waals surface area contributed by atoms with E-state index < -0.39 is 0 Å². The molecule has 0 spiro atoms. The number of carbonyl (C=O) groups excluding carboxylic acids is 1. The number of carbonyl (C=O) groups is 1. The SMILES string of the molecule is CCC(Br)CCNC(=O)c1cc(OC)cs1. The van der Waals surface area contributed by atoms with Crippen molar-refractivity contribution in [2.45, 2.75) is 24.6 Å². The minimum absolute atomic E-state index is 0.0240. The van der Waals surface area contributed by atoms with Crippen molar-refractivity contribution < 1.29 is 9.53 Å². The lowest BCUT2D eigenvalue weighted by Gasteiger charge is -2.07. The van der Waals surface area contributed by atoms with E-state index in [1.807, 2.05) is 5.38 Å². The van der Waals surface area contributed by atoms with E-state index in [1.54, 1.807) is 13.2 Å². The molecule has 0 aliphatic heterocycles. The van der Waals surface area contributed by atoms with Crippen LogP contribution < -0.4 is 10.1 Å². The molecule has 0 bridgehead atoms. The van der Waals surface area contributed by atoms with Crippen LogP contribution in [0, 0.1) is 0 Å². The van der Waals surface area contributed by atoms with Gasteiger partial charge in [-0.2, -0.15) is 0 Å². The minimum atomic E-state index is -0.0240. The normalized spacial score (nSPS) is 12.2. The Bertz CT molecular complexity index is 340. The summed E-state index contributed by atoms with van der Waals surface area (Å²) in [6.07, 6.45) is 2.02. The molecule has 1 N–H and O–H groups in total. The number of hydrogen-bond donors (Lipinski definition) is 1. The van der Waals surface area contributed by atoms with Gasteiger partial charge in [-0.05, 0) is 12.8 Å². The second kappa shape index (κ2) is 6.91. The molecule has 1 aromatic rings. The molecule has 3 nitrogen and oxygen atoms in total. The van der Waals surface area contributed by atoms with Crippen LogP contribution in [0.1, 0.15) is 29.4 Å². The van der Waals surface area contributed by atoms with Crippen molar-refractivity contribution in [3.63, 3.8) is 0 Å². The number of halogens is 1. The van der Waals surface area contributed by atoms with Gasteiger partial charge in [0.05, 0.1) is 12.0 Å². The summed E-state index contributed by atoms with van der Waals surface area (Å²) < 4.78 is 5.03. The molecule has 0 aliphatic carbocycles. The molecule has 16 heavy (non-hydrogen) atoms. The molecular formula is C11H16BrNO2S. The summed E-state index contributed by atoms with van der Waals surface area (Å²) in [6.45, 7) is 2.81. The summed E-state index contributed by atoms with van der Waals surface area (Å²) >= 11 is 4.93. The topological polar surface area (TPSA) is 38.3 Å². The van der Waals surface area contributed by atoms with Crippen LogP contribution >= 0.6 is 27.3 Å². The highest BCUT2D eigenvalue weighted by Crippen LogP contribution is 2.20. The third-order valence-electron chi connectivity index (χ3n) is 2.22. The third-order valence-corrected chi connectivity index (χ3v) is 4.23. The number of alkyl halides is 1. The molecule has 1 amide bonds. The minimum Gasteiger partial charge on any atom is -0.496 e. The quantitative estimate of drug-likeness (QED) is 0.820. The van der Waals surface area contributed by atoms with E-state index in [0.717, 1.165) is 18.6 Å². The predicted molar refractivity (Wildman–Crippen MR) is 70.8 cm³/mol. The molecule has 0 fully saturated rings. The van der Waals surface area contributed by atoms with Crippen LogP contribution in [0.5, 0.6) is 5.75 Å². The van der Waals surface area contributed by atoms with Crippen LogP contribution in [0.3, 0.4) is 0 Å². The van der Waals surface area contributed by atoms with E-state index in [2.05, 4.69) is 28.2 Å². The summed E-state index contributed by atoms with van der Waals surface area (Å²) in [7, 11) is 1.60. The van der Waals surface area contributed by atoms with Crippen molar-refractivity contribution in [3.05, 3.63) is 16.3 Å². The van der Waals surface area contributed by atoms with Gasteiger partial charge < -0.3 is 10.1 Å². The van der Waals surface area contributed by atoms with Gasteiger partial charge in [-0.3, -0.25) is 4.79 Å². The maximum atomic E-state index is 11.7. The van der Waals surface area contributed by atoms with Crippen molar-refractivity contribution in [2.24, 2.45) is 0 Å².